The predicted octanol–water partition coefficient (Wildman–Crippen LogP) is 7.74. The van der Waals surface area contributed by atoms with Crippen LogP contribution in [0.4, 0.5) is 74.6 Å². The van der Waals surface area contributed by atoms with Gasteiger partial charge in [-0.25, -0.2) is 4.79 Å². The van der Waals surface area contributed by atoms with Gasteiger partial charge in [-0.3, -0.25) is 14.3 Å². The molecule has 2 atom stereocenters. The molecule has 0 radical (unpaired) electrons. The molecule has 7 nitrogen and oxygen atoms in total. The van der Waals surface area contributed by atoms with E-state index >= 15 is 0 Å². The molecule has 1 N–H and O–H groups in total. The Bertz CT molecular complexity index is 1180. The molecule has 0 aliphatic heterocycles. The SMILES string of the molecule is O=C(CCCCCOc1ccc(C(=O)O)cc1)OCC(F)(OC(F)(F)C(F)(OC(F)(F)C(F)(F)C(F)(F)F)C(F)(F)F)C(F)(F)F. The fraction of sp³-hybridized carbons (Fsp3) is 0.636. The predicted molar refractivity (Wildman–Crippen MR) is 111 cm³/mol. The van der Waals surface area contributed by atoms with Crippen molar-refractivity contribution in [1.29, 1.82) is 0 Å². The molecule has 1 aromatic rings. The summed E-state index contributed by atoms with van der Waals surface area (Å²) < 4.78 is 236. The molecule has 0 amide bonds. The van der Waals surface area contributed by atoms with Gasteiger partial charge in [0.05, 0.1) is 12.2 Å². The standard InChI is InChI=1S/C22H17F17O7/c23-15(18(27,28)29,10-44-13(40)4-2-1-3-9-43-12-7-5-11(6-8-12)14(41)42)45-22(38,39)17(26,20(33,34)35)46-21(36,37)16(24,25)19(30,31)32/h5-8H,1-4,9-10H2,(H,41,42). The molecule has 0 aliphatic carbocycles. The normalized spacial score (nSPS) is 16.4. The molecule has 0 heterocycles. The first-order chi connectivity index (χ1) is 20.4. The zero-order valence-corrected chi connectivity index (χ0v) is 21.9. The summed E-state index contributed by atoms with van der Waals surface area (Å²) in [6.45, 7) is -3.28. The second kappa shape index (κ2) is 13.8. The van der Waals surface area contributed by atoms with Gasteiger partial charge in [0.1, 0.15) is 5.75 Å². The van der Waals surface area contributed by atoms with Gasteiger partial charge >= 0.3 is 60.3 Å². The topological polar surface area (TPSA) is 91.3 Å². The Hall–Kier alpha value is -3.31. The minimum atomic E-state index is -8.02. The Morgan fingerprint density at radius 2 is 1.15 bits per heavy atom. The van der Waals surface area contributed by atoms with E-state index in [1.807, 2.05) is 0 Å². The minimum Gasteiger partial charge on any atom is -0.494 e. The number of carbonyl (C=O) groups excluding carboxylic acids is 1. The molecule has 0 aromatic heterocycles. The number of carboxylic acid groups (broad SMARTS) is 1. The van der Waals surface area contributed by atoms with Crippen molar-refractivity contribution >= 4 is 11.9 Å². The van der Waals surface area contributed by atoms with Crippen molar-refractivity contribution in [3.05, 3.63) is 29.8 Å². The number of alkyl halides is 17. The number of carboxylic acids is 1. The van der Waals surface area contributed by atoms with Crippen molar-refractivity contribution < 1.29 is 108 Å². The van der Waals surface area contributed by atoms with Gasteiger partial charge in [-0.05, 0) is 43.5 Å². The van der Waals surface area contributed by atoms with Gasteiger partial charge < -0.3 is 14.6 Å². The van der Waals surface area contributed by atoms with E-state index < -0.39 is 73.3 Å². The van der Waals surface area contributed by atoms with Crippen molar-refractivity contribution in [3.8, 4) is 5.75 Å². The van der Waals surface area contributed by atoms with Crippen LogP contribution in [0, 0.1) is 0 Å². The van der Waals surface area contributed by atoms with Crippen molar-refractivity contribution in [2.75, 3.05) is 13.2 Å². The maximum atomic E-state index is 14.4. The highest BCUT2D eigenvalue weighted by atomic mass is 19.4. The van der Waals surface area contributed by atoms with Gasteiger partial charge in [-0.1, -0.05) is 0 Å². The van der Waals surface area contributed by atoms with Crippen molar-refractivity contribution in [2.24, 2.45) is 0 Å². The monoisotopic (exact) mass is 716 g/mol. The lowest BCUT2D eigenvalue weighted by Crippen LogP contribution is -2.67. The number of ether oxygens (including phenoxy) is 4. The summed E-state index contributed by atoms with van der Waals surface area (Å²) in [5, 5.41) is 8.78. The van der Waals surface area contributed by atoms with Gasteiger partial charge in [0.25, 0.3) is 0 Å². The number of carbonyl (C=O) groups is 2. The number of unbranched alkanes of at least 4 members (excludes halogenated alkanes) is 2. The molecule has 0 aliphatic rings. The van der Waals surface area contributed by atoms with Crippen molar-refractivity contribution in [2.45, 2.75) is 74.1 Å². The van der Waals surface area contributed by atoms with Crippen LogP contribution in [0.15, 0.2) is 24.3 Å². The van der Waals surface area contributed by atoms with Crippen LogP contribution in [0.2, 0.25) is 0 Å². The van der Waals surface area contributed by atoms with Gasteiger partial charge in [0.15, 0.2) is 6.61 Å². The average Bonchev–Trinajstić information content (AvgIpc) is 2.87. The molecule has 24 heteroatoms. The van der Waals surface area contributed by atoms with Crippen LogP contribution in [-0.4, -0.2) is 78.6 Å². The fourth-order valence-electron chi connectivity index (χ4n) is 2.80. The zero-order chi connectivity index (χ0) is 36.2. The van der Waals surface area contributed by atoms with Gasteiger partial charge in [-0.2, -0.15) is 74.6 Å². The largest absolute Gasteiger partial charge is 0.494 e. The maximum Gasteiger partial charge on any atom is 0.462 e. The van der Waals surface area contributed by atoms with Crippen molar-refractivity contribution in [1.82, 2.24) is 0 Å². The average molecular weight is 716 g/mol. The molecular weight excluding hydrogens is 699 g/mol. The third-order valence-corrected chi connectivity index (χ3v) is 5.26. The molecular formula is C22H17F17O7. The molecule has 1 rings (SSSR count). The van der Waals surface area contributed by atoms with Crippen LogP contribution in [-0.2, 0) is 19.0 Å². The van der Waals surface area contributed by atoms with Crippen LogP contribution < -0.4 is 4.74 Å². The molecule has 0 spiro atoms. The number of rotatable bonds is 16. The second-order valence-corrected chi connectivity index (χ2v) is 8.78. The van der Waals surface area contributed by atoms with E-state index in [0.717, 1.165) is 0 Å². The number of benzene rings is 1. The third kappa shape index (κ3) is 9.37. The first-order valence-corrected chi connectivity index (χ1v) is 11.7. The Kier molecular flexibility index (Phi) is 12.2. The summed E-state index contributed by atoms with van der Waals surface area (Å²) in [5.74, 6) is -25.3. The van der Waals surface area contributed by atoms with Crippen LogP contribution >= 0.6 is 0 Å². The van der Waals surface area contributed by atoms with Crippen LogP contribution in [0.1, 0.15) is 36.0 Å². The quantitative estimate of drug-likeness (QED) is 0.106. The highest BCUT2D eigenvalue weighted by molar-refractivity contribution is 5.87. The molecule has 0 bridgehead atoms. The van der Waals surface area contributed by atoms with Crippen LogP contribution in [0.25, 0.3) is 0 Å². The van der Waals surface area contributed by atoms with Gasteiger partial charge in [-0.15, -0.1) is 0 Å². The minimum absolute atomic E-state index is 0.0129. The summed E-state index contributed by atoms with van der Waals surface area (Å²) >= 11 is 0. The van der Waals surface area contributed by atoms with E-state index in [2.05, 4.69) is 9.47 Å². The van der Waals surface area contributed by atoms with Crippen LogP contribution in [0.5, 0.6) is 5.75 Å². The summed E-state index contributed by atoms with van der Waals surface area (Å²) in [7, 11) is 0. The number of aromatic carboxylic acids is 1. The second-order valence-electron chi connectivity index (χ2n) is 8.78. The highest BCUT2D eigenvalue weighted by Gasteiger charge is 2.85. The molecule has 266 valence electrons. The Morgan fingerprint density at radius 3 is 1.59 bits per heavy atom. The first kappa shape index (κ1) is 40.7. The number of hydrogen-bond donors (Lipinski definition) is 1. The fourth-order valence-corrected chi connectivity index (χ4v) is 2.80. The lowest BCUT2D eigenvalue weighted by molar-refractivity contribution is -0.552. The van der Waals surface area contributed by atoms with Gasteiger partial charge in [0, 0.05) is 6.42 Å². The van der Waals surface area contributed by atoms with Crippen LogP contribution in [0.3, 0.4) is 0 Å². The molecule has 2 unspecified atom stereocenters. The summed E-state index contributed by atoms with van der Waals surface area (Å²) in [6.07, 6.45) is -39.5. The van der Waals surface area contributed by atoms with E-state index in [1.165, 1.54) is 29.0 Å². The Morgan fingerprint density at radius 1 is 0.630 bits per heavy atom. The smallest absolute Gasteiger partial charge is 0.462 e. The molecule has 46 heavy (non-hydrogen) atoms. The molecule has 0 saturated carbocycles. The Labute approximate surface area is 244 Å². The Balaban J connectivity index is 2.95. The summed E-state index contributed by atoms with van der Waals surface area (Å²) in [4.78, 5) is 22.4. The highest BCUT2D eigenvalue weighted by Crippen LogP contribution is 2.56. The maximum absolute atomic E-state index is 14.4. The van der Waals surface area contributed by atoms with E-state index in [9.17, 15) is 84.2 Å². The number of hydrogen-bond acceptors (Lipinski definition) is 6. The van der Waals surface area contributed by atoms with Gasteiger partial charge in [0.2, 0.25) is 0 Å². The molecule has 1 aromatic carbocycles. The number of esters is 1. The lowest BCUT2D eigenvalue weighted by atomic mass is 10.2. The molecule has 0 fully saturated rings. The summed E-state index contributed by atoms with van der Waals surface area (Å²) in [6, 6.07) is 4.91. The van der Waals surface area contributed by atoms with E-state index in [-0.39, 0.29) is 37.2 Å². The third-order valence-electron chi connectivity index (χ3n) is 5.26. The number of halogens is 17. The summed E-state index contributed by atoms with van der Waals surface area (Å²) in [5.41, 5.74) is -0.0763. The lowest BCUT2D eigenvalue weighted by Gasteiger charge is -2.40. The first-order valence-electron chi connectivity index (χ1n) is 11.7. The zero-order valence-electron chi connectivity index (χ0n) is 21.9. The van der Waals surface area contributed by atoms with E-state index in [1.54, 1.807) is 0 Å². The van der Waals surface area contributed by atoms with Crippen molar-refractivity contribution in [3.63, 3.8) is 0 Å². The van der Waals surface area contributed by atoms with E-state index in [0.29, 0.717) is 0 Å². The molecule has 0 saturated heterocycles. The van der Waals surface area contributed by atoms with E-state index in [4.69, 9.17) is 9.84 Å².